The number of aryl methyl sites for hydroxylation is 2. The molecule has 5 nitrogen and oxygen atoms in total. The molecule has 0 atom stereocenters. The molecule has 140 valence electrons. The number of methoxy groups -OCH3 is 1. The van der Waals surface area contributed by atoms with Crippen molar-refractivity contribution in [1.29, 1.82) is 0 Å². The van der Waals surface area contributed by atoms with E-state index in [1.54, 1.807) is 35.3 Å². The molecule has 1 N–H and O–H groups in total. The molecule has 4 rings (SSSR count). The van der Waals surface area contributed by atoms with Gasteiger partial charge in [0, 0.05) is 29.6 Å². The van der Waals surface area contributed by atoms with E-state index in [0.29, 0.717) is 17.2 Å². The number of ether oxygens (including phenoxy) is 1. The third-order valence-corrected chi connectivity index (χ3v) is 6.08. The number of nitrogens with zero attached hydrogens (tertiary/aromatic N) is 2. The molecule has 1 fully saturated rings. The minimum absolute atomic E-state index is 0.162. The third kappa shape index (κ3) is 3.78. The van der Waals surface area contributed by atoms with Crippen molar-refractivity contribution in [1.82, 2.24) is 15.1 Å². The van der Waals surface area contributed by atoms with Gasteiger partial charge >= 0.3 is 0 Å². The summed E-state index contributed by atoms with van der Waals surface area (Å²) in [5, 5.41) is 7.91. The first-order valence-electron chi connectivity index (χ1n) is 8.87. The lowest BCUT2D eigenvalue weighted by Gasteiger charge is -2.24. The molecule has 7 heteroatoms. The number of carbonyl (C=O) groups is 1. The van der Waals surface area contributed by atoms with E-state index >= 15 is 0 Å². The summed E-state index contributed by atoms with van der Waals surface area (Å²) in [7, 11) is 1.57. The second-order valence-electron chi connectivity index (χ2n) is 6.54. The van der Waals surface area contributed by atoms with E-state index in [4.69, 9.17) is 16.3 Å². The maximum atomic E-state index is 13.2. The molecule has 0 aliphatic carbocycles. The summed E-state index contributed by atoms with van der Waals surface area (Å²) >= 11 is 7.61. The van der Waals surface area contributed by atoms with Crippen LogP contribution in [0.1, 0.15) is 32.5 Å². The van der Waals surface area contributed by atoms with Gasteiger partial charge < -0.3 is 10.1 Å². The molecule has 0 bridgehead atoms. The van der Waals surface area contributed by atoms with Gasteiger partial charge in [0.1, 0.15) is 5.75 Å². The number of benzene rings is 1. The number of halogens is 1. The van der Waals surface area contributed by atoms with Crippen molar-refractivity contribution in [2.24, 2.45) is 0 Å². The first-order chi connectivity index (χ1) is 13.2. The van der Waals surface area contributed by atoms with Gasteiger partial charge in [0.05, 0.1) is 22.7 Å². The SMILES string of the molecule is COc1ccccc1C(=O)n1nc(C2CNC2)cc1CCc1ccc(Cl)s1. The second-order valence-corrected chi connectivity index (χ2v) is 8.34. The number of carbonyl (C=O) groups excluding carboxylic acids is 1. The van der Waals surface area contributed by atoms with Crippen molar-refractivity contribution in [3.8, 4) is 5.75 Å². The Kier molecular flexibility index (Phi) is 5.29. The third-order valence-electron chi connectivity index (χ3n) is 4.79. The van der Waals surface area contributed by atoms with Gasteiger partial charge in [-0.25, -0.2) is 4.68 Å². The Hall–Kier alpha value is -2.15. The Morgan fingerprint density at radius 1 is 1.30 bits per heavy atom. The van der Waals surface area contributed by atoms with E-state index in [2.05, 4.69) is 16.5 Å². The fraction of sp³-hybridized carbons (Fsp3) is 0.300. The lowest BCUT2D eigenvalue weighted by atomic mass is 9.99. The van der Waals surface area contributed by atoms with Crippen LogP contribution in [0, 0.1) is 0 Å². The van der Waals surface area contributed by atoms with Gasteiger partial charge in [-0.3, -0.25) is 4.79 Å². The largest absolute Gasteiger partial charge is 0.496 e. The molecular formula is C20H20ClN3O2S. The zero-order valence-electron chi connectivity index (χ0n) is 14.9. The molecule has 27 heavy (non-hydrogen) atoms. The lowest BCUT2D eigenvalue weighted by Crippen LogP contribution is -2.40. The van der Waals surface area contributed by atoms with Crippen LogP contribution in [0.3, 0.4) is 0 Å². The molecule has 1 aromatic carbocycles. The topological polar surface area (TPSA) is 56.2 Å². The van der Waals surface area contributed by atoms with Crippen LogP contribution in [0.15, 0.2) is 42.5 Å². The van der Waals surface area contributed by atoms with Crippen LogP contribution >= 0.6 is 22.9 Å². The van der Waals surface area contributed by atoms with Crippen molar-refractivity contribution in [3.05, 3.63) is 68.6 Å². The number of para-hydroxylation sites is 1. The quantitative estimate of drug-likeness (QED) is 0.683. The van der Waals surface area contributed by atoms with Crippen LogP contribution in [0.5, 0.6) is 5.75 Å². The molecular weight excluding hydrogens is 382 g/mol. The number of thiophene rings is 1. The molecule has 1 saturated heterocycles. The summed E-state index contributed by atoms with van der Waals surface area (Å²) in [5.74, 6) is 0.762. The fourth-order valence-corrected chi connectivity index (χ4v) is 4.25. The van der Waals surface area contributed by atoms with Crippen LogP contribution in [0.4, 0.5) is 0 Å². The first kappa shape index (κ1) is 18.2. The van der Waals surface area contributed by atoms with Crippen LogP contribution in [0.25, 0.3) is 0 Å². The number of hydrogen-bond acceptors (Lipinski definition) is 5. The minimum atomic E-state index is -0.162. The molecule has 0 amide bonds. The Bertz CT molecular complexity index is 962. The monoisotopic (exact) mass is 401 g/mol. The fourth-order valence-electron chi connectivity index (χ4n) is 3.16. The van der Waals surface area contributed by atoms with Crippen molar-refractivity contribution >= 4 is 28.8 Å². The Balaban J connectivity index is 1.65. The van der Waals surface area contributed by atoms with E-state index < -0.39 is 0 Å². The van der Waals surface area contributed by atoms with Crippen LogP contribution in [-0.4, -0.2) is 35.9 Å². The first-order valence-corrected chi connectivity index (χ1v) is 10.1. The highest BCUT2D eigenvalue weighted by Gasteiger charge is 2.26. The summed E-state index contributed by atoms with van der Waals surface area (Å²) in [6.45, 7) is 1.81. The second kappa shape index (κ2) is 7.84. The summed E-state index contributed by atoms with van der Waals surface area (Å²) in [6.07, 6.45) is 1.55. The maximum Gasteiger partial charge on any atom is 0.282 e. The van der Waals surface area contributed by atoms with E-state index in [0.717, 1.165) is 41.7 Å². The highest BCUT2D eigenvalue weighted by atomic mass is 35.5. The van der Waals surface area contributed by atoms with Crippen LogP contribution in [-0.2, 0) is 12.8 Å². The van der Waals surface area contributed by atoms with E-state index in [1.165, 1.54) is 4.88 Å². The molecule has 0 saturated carbocycles. The smallest absolute Gasteiger partial charge is 0.282 e. The van der Waals surface area contributed by atoms with Crippen LogP contribution in [0.2, 0.25) is 4.34 Å². The van der Waals surface area contributed by atoms with E-state index in [-0.39, 0.29) is 5.91 Å². The zero-order valence-corrected chi connectivity index (χ0v) is 16.5. The summed E-state index contributed by atoms with van der Waals surface area (Å²) in [5.41, 5.74) is 2.40. The molecule has 1 aliphatic rings. The number of rotatable bonds is 6. The van der Waals surface area contributed by atoms with Gasteiger partial charge in [0.15, 0.2) is 0 Å². The van der Waals surface area contributed by atoms with Gasteiger partial charge in [-0.1, -0.05) is 23.7 Å². The van der Waals surface area contributed by atoms with Gasteiger partial charge in [0.25, 0.3) is 5.91 Å². The van der Waals surface area contributed by atoms with Crippen LogP contribution < -0.4 is 10.1 Å². The molecule has 0 radical (unpaired) electrons. The van der Waals surface area contributed by atoms with Crippen molar-refractivity contribution in [2.45, 2.75) is 18.8 Å². The average molecular weight is 402 g/mol. The van der Waals surface area contributed by atoms with E-state index in [9.17, 15) is 4.79 Å². The van der Waals surface area contributed by atoms with Gasteiger partial charge in [-0.2, -0.15) is 5.10 Å². The molecule has 0 unspecified atom stereocenters. The van der Waals surface area contributed by atoms with Gasteiger partial charge in [-0.15, -0.1) is 11.3 Å². The minimum Gasteiger partial charge on any atom is -0.496 e. The highest BCUT2D eigenvalue weighted by Crippen LogP contribution is 2.26. The van der Waals surface area contributed by atoms with Crippen molar-refractivity contribution < 1.29 is 9.53 Å². The Morgan fingerprint density at radius 2 is 2.11 bits per heavy atom. The molecule has 0 spiro atoms. The number of hydrogen-bond donors (Lipinski definition) is 1. The molecule has 3 heterocycles. The predicted octanol–water partition coefficient (Wildman–Crippen LogP) is 3.77. The highest BCUT2D eigenvalue weighted by molar-refractivity contribution is 7.16. The summed E-state index contributed by atoms with van der Waals surface area (Å²) in [4.78, 5) is 14.4. The average Bonchev–Trinajstić information content (AvgIpc) is 3.24. The van der Waals surface area contributed by atoms with Crippen molar-refractivity contribution in [3.63, 3.8) is 0 Å². The Labute approximate surface area is 166 Å². The molecule has 2 aromatic heterocycles. The standard InChI is InChI=1S/C20H20ClN3O2S/c1-26-18-5-3-2-4-16(18)20(25)24-14(6-7-15-8-9-19(21)27-15)10-17(23-24)13-11-22-12-13/h2-5,8-10,13,22H,6-7,11-12H2,1H3. The Morgan fingerprint density at radius 3 is 2.78 bits per heavy atom. The normalized spacial score (nSPS) is 14.1. The summed E-state index contributed by atoms with van der Waals surface area (Å²) < 4.78 is 7.69. The molecule has 1 aliphatic heterocycles. The van der Waals surface area contributed by atoms with Crippen molar-refractivity contribution in [2.75, 3.05) is 20.2 Å². The van der Waals surface area contributed by atoms with Gasteiger partial charge in [0.2, 0.25) is 0 Å². The zero-order chi connectivity index (χ0) is 18.8. The number of aromatic nitrogens is 2. The van der Waals surface area contributed by atoms with E-state index in [1.807, 2.05) is 24.3 Å². The maximum absolute atomic E-state index is 13.2. The lowest BCUT2D eigenvalue weighted by molar-refractivity contribution is 0.0937. The van der Waals surface area contributed by atoms with Gasteiger partial charge in [-0.05, 0) is 43.2 Å². The summed E-state index contributed by atoms with van der Waals surface area (Å²) in [6, 6.07) is 13.3. The molecule has 3 aromatic rings. The predicted molar refractivity (Wildman–Crippen MR) is 107 cm³/mol. The number of nitrogens with one attached hydrogen (secondary N) is 1.